The zero-order valence-electron chi connectivity index (χ0n) is 14.6. The maximum absolute atomic E-state index is 12.1. The van der Waals surface area contributed by atoms with Gasteiger partial charge in [0.15, 0.2) is 0 Å². The van der Waals surface area contributed by atoms with Crippen LogP contribution in [0.15, 0.2) is 30.3 Å². The van der Waals surface area contributed by atoms with Gasteiger partial charge >= 0.3 is 18.1 Å². The molecule has 2 rings (SSSR count). The molecule has 150 valence electrons. The highest BCUT2D eigenvalue weighted by molar-refractivity contribution is 5.87. The van der Waals surface area contributed by atoms with Gasteiger partial charge in [0.05, 0.1) is 13.2 Å². The van der Waals surface area contributed by atoms with Crippen molar-refractivity contribution >= 4 is 17.8 Å². The lowest BCUT2D eigenvalue weighted by Gasteiger charge is -2.19. The van der Waals surface area contributed by atoms with Crippen LogP contribution in [0.25, 0.3) is 0 Å². The summed E-state index contributed by atoms with van der Waals surface area (Å²) in [5, 5.41) is 13.0. The largest absolute Gasteiger partial charge is 0.490 e. The fourth-order valence-corrected chi connectivity index (χ4v) is 2.37. The number of hydrogen-bond donors (Lipinski definition) is 3. The van der Waals surface area contributed by atoms with Gasteiger partial charge in [-0.05, 0) is 24.9 Å². The van der Waals surface area contributed by atoms with Gasteiger partial charge in [-0.25, -0.2) is 9.59 Å². The lowest BCUT2D eigenvalue weighted by molar-refractivity contribution is -0.192. The summed E-state index contributed by atoms with van der Waals surface area (Å²) in [5.74, 6) is -3.30. The van der Waals surface area contributed by atoms with E-state index in [2.05, 4.69) is 10.6 Å². The Kier molecular flexibility index (Phi) is 8.73. The molecule has 1 aromatic rings. The van der Waals surface area contributed by atoms with Crippen molar-refractivity contribution in [3.8, 4) is 0 Å². The van der Waals surface area contributed by atoms with E-state index >= 15 is 0 Å². The smallest absolute Gasteiger partial charge is 0.475 e. The molecular weight excluding hydrogens is 369 g/mol. The molecule has 1 aliphatic heterocycles. The first kappa shape index (κ1) is 22.4. The number of carboxylic acids is 1. The Morgan fingerprint density at radius 1 is 1.30 bits per heavy atom. The molecule has 27 heavy (non-hydrogen) atoms. The van der Waals surface area contributed by atoms with E-state index in [-0.39, 0.29) is 11.9 Å². The summed E-state index contributed by atoms with van der Waals surface area (Å²) < 4.78 is 36.5. The number of carboxylic acid groups (broad SMARTS) is 1. The summed E-state index contributed by atoms with van der Waals surface area (Å²) in [4.78, 5) is 32.8. The van der Waals surface area contributed by atoms with Crippen molar-refractivity contribution < 1.29 is 37.4 Å². The maximum Gasteiger partial charge on any atom is 0.490 e. The first-order valence-corrected chi connectivity index (χ1v) is 8.10. The highest BCUT2D eigenvalue weighted by Crippen LogP contribution is 2.13. The molecular formula is C17H21F3N2O5. The van der Waals surface area contributed by atoms with Crippen molar-refractivity contribution in [2.75, 3.05) is 13.7 Å². The lowest BCUT2D eigenvalue weighted by atomic mass is 10.1. The van der Waals surface area contributed by atoms with Gasteiger partial charge in [-0.3, -0.25) is 4.79 Å². The van der Waals surface area contributed by atoms with E-state index in [0.717, 1.165) is 24.9 Å². The molecule has 0 radical (unpaired) electrons. The number of ether oxygens (including phenoxy) is 1. The predicted molar refractivity (Wildman–Crippen MR) is 88.8 cm³/mol. The molecule has 7 nitrogen and oxygen atoms in total. The third kappa shape index (κ3) is 8.07. The van der Waals surface area contributed by atoms with Gasteiger partial charge in [0.1, 0.15) is 6.04 Å². The molecule has 1 fully saturated rings. The second kappa shape index (κ2) is 10.5. The molecule has 0 bridgehead atoms. The van der Waals surface area contributed by atoms with Crippen LogP contribution >= 0.6 is 0 Å². The van der Waals surface area contributed by atoms with Crippen LogP contribution < -0.4 is 10.6 Å². The molecule has 0 aromatic heterocycles. The lowest BCUT2D eigenvalue weighted by Crippen LogP contribution is -2.49. The van der Waals surface area contributed by atoms with Gasteiger partial charge in [0.2, 0.25) is 5.91 Å². The molecule has 1 aliphatic rings. The van der Waals surface area contributed by atoms with Gasteiger partial charge in [0.25, 0.3) is 0 Å². The summed E-state index contributed by atoms with van der Waals surface area (Å²) in [7, 11) is 1.33. The summed E-state index contributed by atoms with van der Waals surface area (Å²) in [6, 6.07) is 8.74. The van der Waals surface area contributed by atoms with Crippen molar-refractivity contribution in [1.29, 1.82) is 0 Å². The van der Waals surface area contributed by atoms with Crippen LogP contribution in [-0.4, -0.2) is 54.9 Å². The quantitative estimate of drug-likeness (QED) is 0.654. The van der Waals surface area contributed by atoms with E-state index < -0.39 is 24.2 Å². The Bertz CT molecular complexity index is 631. The molecule has 3 N–H and O–H groups in total. The first-order valence-electron chi connectivity index (χ1n) is 8.10. The second-order valence-corrected chi connectivity index (χ2v) is 5.73. The summed E-state index contributed by atoms with van der Waals surface area (Å²) in [5.41, 5.74) is 0.989. The van der Waals surface area contributed by atoms with Crippen LogP contribution in [0.5, 0.6) is 0 Å². The van der Waals surface area contributed by atoms with Crippen molar-refractivity contribution in [3.63, 3.8) is 0 Å². The molecule has 1 amide bonds. The Labute approximate surface area is 153 Å². The predicted octanol–water partition coefficient (Wildman–Crippen LogP) is 1.27. The topological polar surface area (TPSA) is 105 Å². The highest BCUT2D eigenvalue weighted by Gasteiger charge is 2.38. The second-order valence-electron chi connectivity index (χ2n) is 5.73. The fourth-order valence-electron chi connectivity index (χ4n) is 2.37. The van der Waals surface area contributed by atoms with Crippen molar-refractivity contribution in [3.05, 3.63) is 35.9 Å². The molecule has 0 aliphatic carbocycles. The molecule has 1 heterocycles. The van der Waals surface area contributed by atoms with Crippen LogP contribution in [0.4, 0.5) is 13.2 Å². The monoisotopic (exact) mass is 390 g/mol. The highest BCUT2D eigenvalue weighted by atomic mass is 19.4. The number of nitrogens with one attached hydrogen (secondary N) is 2. The van der Waals surface area contributed by atoms with E-state index in [1.165, 1.54) is 7.11 Å². The molecule has 2 unspecified atom stereocenters. The zero-order chi connectivity index (χ0) is 20.4. The van der Waals surface area contributed by atoms with Gasteiger partial charge in [-0.2, -0.15) is 13.2 Å². The molecule has 10 heteroatoms. The van der Waals surface area contributed by atoms with Crippen LogP contribution in [0, 0.1) is 0 Å². The standard InChI is InChI=1S/C15H20N2O3.C2HF3O2/c1-20-15(19)13(10-11-6-3-2-4-7-11)17-14(18)12-8-5-9-16-12;3-2(4,5)1(6)7/h2-4,6-7,12-13,16H,5,8-10H2,1H3,(H,17,18);(H,6,7). The number of amides is 1. The van der Waals surface area contributed by atoms with Crippen molar-refractivity contribution in [1.82, 2.24) is 10.6 Å². The van der Waals surface area contributed by atoms with Crippen LogP contribution in [0.3, 0.4) is 0 Å². The first-order chi connectivity index (χ1) is 12.6. The van der Waals surface area contributed by atoms with Gasteiger partial charge < -0.3 is 20.5 Å². The number of alkyl halides is 3. The van der Waals surface area contributed by atoms with Crippen LogP contribution in [-0.2, 0) is 25.5 Å². The number of esters is 1. The Morgan fingerprint density at radius 2 is 1.89 bits per heavy atom. The molecule has 1 saturated heterocycles. The number of aliphatic carboxylic acids is 1. The normalized spacial score (nSPS) is 17.3. The average molecular weight is 390 g/mol. The van der Waals surface area contributed by atoms with Gasteiger partial charge in [0, 0.05) is 6.42 Å². The molecule has 2 atom stereocenters. The molecule has 0 spiro atoms. The third-order valence-electron chi connectivity index (χ3n) is 3.70. The number of rotatable bonds is 5. The van der Waals surface area contributed by atoms with E-state index in [0.29, 0.717) is 6.42 Å². The molecule has 1 aromatic carbocycles. The number of hydrogen-bond acceptors (Lipinski definition) is 5. The Hall–Kier alpha value is -2.62. The van der Waals surface area contributed by atoms with Gasteiger partial charge in [-0.1, -0.05) is 30.3 Å². The summed E-state index contributed by atoms with van der Waals surface area (Å²) in [6.45, 7) is 0.847. The number of methoxy groups -OCH3 is 1. The number of carbonyl (C=O) groups is 3. The third-order valence-corrected chi connectivity index (χ3v) is 3.70. The SMILES string of the molecule is COC(=O)C(Cc1ccccc1)NC(=O)C1CCCN1.O=C(O)C(F)(F)F. The van der Waals surface area contributed by atoms with Crippen LogP contribution in [0.2, 0.25) is 0 Å². The number of benzene rings is 1. The maximum atomic E-state index is 12.1. The average Bonchev–Trinajstić information content (AvgIpc) is 3.16. The van der Waals surface area contributed by atoms with Gasteiger partial charge in [-0.15, -0.1) is 0 Å². The Balaban J connectivity index is 0.000000445. The number of carbonyl (C=O) groups excluding carboxylic acids is 2. The minimum atomic E-state index is -5.08. The minimum Gasteiger partial charge on any atom is -0.475 e. The van der Waals surface area contributed by atoms with E-state index in [4.69, 9.17) is 14.6 Å². The minimum absolute atomic E-state index is 0.131. The summed E-state index contributed by atoms with van der Waals surface area (Å²) in [6.07, 6.45) is -2.85. The van der Waals surface area contributed by atoms with E-state index in [1.54, 1.807) is 0 Å². The number of halogens is 3. The van der Waals surface area contributed by atoms with E-state index in [1.807, 2.05) is 30.3 Å². The van der Waals surface area contributed by atoms with Crippen molar-refractivity contribution in [2.45, 2.75) is 37.5 Å². The Morgan fingerprint density at radius 3 is 2.33 bits per heavy atom. The molecule has 0 saturated carbocycles. The van der Waals surface area contributed by atoms with E-state index in [9.17, 15) is 22.8 Å². The van der Waals surface area contributed by atoms with Crippen LogP contribution in [0.1, 0.15) is 18.4 Å². The fraction of sp³-hybridized carbons (Fsp3) is 0.471. The zero-order valence-corrected chi connectivity index (χ0v) is 14.6. The van der Waals surface area contributed by atoms with Crippen molar-refractivity contribution in [2.24, 2.45) is 0 Å². The summed E-state index contributed by atoms with van der Waals surface area (Å²) >= 11 is 0.